The Morgan fingerprint density at radius 3 is 2.74 bits per heavy atom. The smallest absolute Gasteiger partial charge is 0.245 e. The van der Waals surface area contributed by atoms with E-state index >= 15 is 0 Å². The van der Waals surface area contributed by atoms with Crippen LogP contribution in [0.4, 0.5) is 0 Å². The van der Waals surface area contributed by atoms with Crippen LogP contribution < -0.4 is 11.1 Å². The van der Waals surface area contributed by atoms with Gasteiger partial charge in [0.1, 0.15) is 6.04 Å². The molecule has 2 atom stereocenters. The Morgan fingerprint density at radius 2 is 2.16 bits per heavy atom. The van der Waals surface area contributed by atoms with Gasteiger partial charge in [-0.1, -0.05) is 13.8 Å². The second-order valence-corrected chi connectivity index (χ2v) is 5.25. The lowest BCUT2D eigenvalue weighted by Crippen LogP contribution is -2.59. The molecule has 1 heterocycles. The fourth-order valence-electron chi connectivity index (χ4n) is 2.20. The van der Waals surface area contributed by atoms with Gasteiger partial charge < -0.3 is 20.7 Å². The van der Waals surface area contributed by atoms with E-state index in [0.717, 1.165) is 0 Å². The number of morpholine rings is 1. The van der Waals surface area contributed by atoms with Crippen LogP contribution in [0, 0.1) is 5.92 Å². The van der Waals surface area contributed by atoms with Crippen molar-refractivity contribution in [1.82, 2.24) is 10.2 Å². The number of likely N-dealkylation sites (N-methyl/N-ethyl adjacent to an activating group) is 1. The lowest BCUT2D eigenvalue weighted by atomic mass is 10.0. The molecule has 1 aliphatic rings. The predicted molar refractivity (Wildman–Crippen MR) is 72.4 cm³/mol. The van der Waals surface area contributed by atoms with Crippen molar-refractivity contribution in [2.24, 2.45) is 11.7 Å². The van der Waals surface area contributed by atoms with E-state index in [1.807, 2.05) is 20.8 Å². The summed E-state index contributed by atoms with van der Waals surface area (Å²) in [6.07, 6.45) is 0.623. The Labute approximate surface area is 114 Å². The number of amides is 2. The molecule has 0 aromatic rings. The summed E-state index contributed by atoms with van der Waals surface area (Å²) >= 11 is 0. The van der Waals surface area contributed by atoms with E-state index in [-0.39, 0.29) is 18.4 Å². The van der Waals surface area contributed by atoms with Crippen LogP contribution in [0.3, 0.4) is 0 Å². The molecule has 0 aromatic carbocycles. The minimum Gasteiger partial charge on any atom is -0.377 e. The van der Waals surface area contributed by atoms with E-state index in [9.17, 15) is 9.59 Å². The maximum Gasteiger partial charge on any atom is 0.245 e. The molecule has 1 rings (SSSR count). The van der Waals surface area contributed by atoms with Gasteiger partial charge in [-0.25, -0.2) is 0 Å². The van der Waals surface area contributed by atoms with Gasteiger partial charge >= 0.3 is 0 Å². The molecule has 0 bridgehead atoms. The summed E-state index contributed by atoms with van der Waals surface area (Å²) in [5.74, 6) is 0.0171. The van der Waals surface area contributed by atoms with Crippen molar-refractivity contribution in [3.63, 3.8) is 0 Å². The third-order valence-electron chi connectivity index (χ3n) is 3.11. The van der Waals surface area contributed by atoms with Gasteiger partial charge in [0, 0.05) is 13.1 Å². The van der Waals surface area contributed by atoms with E-state index in [0.29, 0.717) is 32.0 Å². The molecular weight excluding hydrogens is 246 g/mol. The molecule has 3 N–H and O–H groups in total. The van der Waals surface area contributed by atoms with E-state index in [1.54, 1.807) is 4.90 Å². The molecule has 0 aromatic heterocycles. The van der Waals surface area contributed by atoms with E-state index in [1.165, 1.54) is 0 Å². The van der Waals surface area contributed by atoms with Crippen molar-refractivity contribution < 1.29 is 14.3 Å². The largest absolute Gasteiger partial charge is 0.377 e. The third-order valence-corrected chi connectivity index (χ3v) is 3.11. The Balaban J connectivity index is 2.70. The number of nitrogens with two attached hydrogens (primary N) is 1. The van der Waals surface area contributed by atoms with Crippen LogP contribution in [0.15, 0.2) is 0 Å². The molecule has 2 amide bonds. The molecule has 6 nitrogen and oxygen atoms in total. The highest BCUT2D eigenvalue weighted by atomic mass is 16.5. The maximum absolute atomic E-state index is 12.3. The van der Waals surface area contributed by atoms with Crippen molar-refractivity contribution >= 4 is 11.8 Å². The predicted octanol–water partition coefficient (Wildman–Crippen LogP) is -0.277. The zero-order chi connectivity index (χ0) is 14.4. The average molecular weight is 271 g/mol. The van der Waals surface area contributed by atoms with Crippen LogP contribution in [0.1, 0.15) is 27.2 Å². The zero-order valence-corrected chi connectivity index (χ0v) is 12.0. The summed E-state index contributed by atoms with van der Waals surface area (Å²) in [5.41, 5.74) is 5.92. The van der Waals surface area contributed by atoms with Crippen LogP contribution in [-0.2, 0) is 14.3 Å². The van der Waals surface area contributed by atoms with Crippen molar-refractivity contribution in [1.29, 1.82) is 0 Å². The van der Waals surface area contributed by atoms with Gasteiger partial charge in [-0.05, 0) is 19.3 Å². The molecule has 1 unspecified atom stereocenters. The standard InChI is InChI=1S/C13H25N3O3/c1-4-15-12(17)11-8-19-6-5-16(11)13(18)10(14)7-9(2)3/h9-11H,4-8,14H2,1-3H3,(H,15,17)/t10-,11?/m0/s1. The number of ether oxygens (including phenoxy) is 1. The minimum atomic E-state index is -0.556. The molecule has 1 fully saturated rings. The van der Waals surface area contributed by atoms with Gasteiger partial charge in [-0.15, -0.1) is 0 Å². The van der Waals surface area contributed by atoms with Crippen LogP contribution in [0.5, 0.6) is 0 Å². The number of nitrogens with zero attached hydrogens (tertiary/aromatic N) is 1. The van der Waals surface area contributed by atoms with Crippen molar-refractivity contribution in [3.05, 3.63) is 0 Å². The number of hydrogen-bond donors (Lipinski definition) is 2. The van der Waals surface area contributed by atoms with Crippen LogP contribution in [-0.4, -0.2) is 55.1 Å². The first-order chi connectivity index (χ1) is 8.97. The Kier molecular flexibility index (Phi) is 6.24. The van der Waals surface area contributed by atoms with Crippen molar-refractivity contribution in [3.8, 4) is 0 Å². The van der Waals surface area contributed by atoms with Gasteiger partial charge in [-0.2, -0.15) is 0 Å². The second-order valence-electron chi connectivity index (χ2n) is 5.25. The van der Waals surface area contributed by atoms with Gasteiger partial charge in [-0.3, -0.25) is 9.59 Å². The number of carbonyl (C=O) groups is 2. The molecule has 0 aliphatic carbocycles. The normalized spacial score (nSPS) is 21.3. The van der Waals surface area contributed by atoms with E-state index in [2.05, 4.69) is 5.32 Å². The Morgan fingerprint density at radius 1 is 1.47 bits per heavy atom. The van der Waals surface area contributed by atoms with Gasteiger partial charge in [0.25, 0.3) is 0 Å². The fourth-order valence-corrected chi connectivity index (χ4v) is 2.20. The first kappa shape index (κ1) is 15.9. The van der Waals surface area contributed by atoms with Crippen LogP contribution in [0.25, 0.3) is 0 Å². The topological polar surface area (TPSA) is 84.7 Å². The summed E-state index contributed by atoms with van der Waals surface area (Å²) in [4.78, 5) is 25.8. The number of hydrogen-bond acceptors (Lipinski definition) is 4. The van der Waals surface area contributed by atoms with Crippen molar-refractivity contribution in [2.75, 3.05) is 26.3 Å². The maximum atomic E-state index is 12.3. The lowest BCUT2D eigenvalue weighted by molar-refractivity contribution is -0.149. The van der Waals surface area contributed by atoms with Crippen LogP contribution in [0.2, 0.25) is 0 Å². The van der Waals surface area contributed by atoms with Crippen molar-refractivity contribution in [2.45, 2.75) is 39.3 Å². The number of rotatable bonds is 5. The minimum absolute atomic E-state index is 0.159. The molecule has 0 saturated carbocycles. The molecular formula is C13H25N3O3. The van der Waals surface area contributed by atoms with Gasteiger partial charge in [0.2, 0.25) is 11.8 Å². The van der Waals surface area contributed by atoms with E-state index < -0.39 is 12.1 Å². The molecule has 110 valence electrons. The highest BCUT2D eigenvalue weighted by Gasteiger charge is 2.34. The zero-order valence-electron chi connectivity index (χ0n) is 12.0. The average Bonchev–Trinajstić information content (AvgIpc) is 2.37. The number of carbonyl (C=O) groups excluding carboxylic acids is 2. The summed E-state index contributed by atoms with van der Waals surface area (Å²) in [5, 5.41) is 2.73. The first-order valence-corrected chi connectivity index (χ1v) is 6.88. The summed E-state index contributed by atoms with van der Waals surface area (Å²) in [7, 11) is 0. The summed E-state index contributed by atoms with van der Waals surface area (Å²) in [6.45, 7) is 7.55. The monoisotopic (exact) mass is 271 g/mol. The highest BCUT2D eigenvalue weighted by Crippen LogP contribution is 2.12. The van der Waals surface area contributed by atoms with Gasteiger partial charge in [0.15, 0.2) is 0 Å². The molecule has 0 radical (unpaired) electrons. The summed E-state index contributed by atoms with van der Waals surface area (Å²) in [6, 6.07) is -1.10. The molecule has 1 aliphatic heterocycles. The third kappa shape index (κ3) is 4.47. The fraction of sp³-hybridized carbons (Fsp3) is 0.846. The Hall–Kier alpha value is -1.14. The quantitative estimate of drug-likeness (QED) is 0.720. The van der Waals surface area contributed by atoms with Crippen LogP contribution >= 0.6 is 0 Å². The highest BCUT2D eigenvalue weighted by molar-refractivity contribution is 5.90. The number of nitrogens with one attached hydrogen (secondary N) is 1. The Bertz CT molecular complexity index is 320. The second kappa shape index (κ2) is 7.45. The molecule has 1 saturated heterocycles. The lowest BCUT2D eigenvalue weighted by Gasteiger charge is -2.36. The molecule has 6 heteroatoms. The van der Waals surface area contributed by atoms with Gasteiger partial charge in [0.05, 0.1) is 19.3 Å². The first-order valence-electron chi connectivity index (χ1n) is 6.88. The summed E-state index contributed by atoms with van der Waals surface area (Å²) < 4.78 is 5.30. The SMILES string of the molecule is CCNC(=O)C1COCCN1C(=O)[C@@H](N)CC(C)C. The molecule has 19 heavy (non-hydrogen) atoms. The van der Waals surface area contributed by atoms with E-state index in [4.69, 9.17) is 10.5 Å². The molecule has 0 spiro atoms.